The van der Waals surface area contributed by atoms with E-state index in [-0.39, 0.29) is 16.7 Å². The van der Waals surface area contributed by atoms with Gasteiger partial charge < -0.3 is 4.90 Å². The minimum atomic E-state index is -4.49. The molecule has 2 heterocycles. The van der Waals surface area contributed by atoms with Crippen LogP contribution < -0.4 is 0 Å². The van der Waals surface area contributed by atoms with Crippen LogP contribution >= 0.6 is 11.6 Å². The first-order valence-electron chi connectivity index (χ1n) is 6.03. The monoisotopic (exact) mass is 329 g/mol. The molecule has 0 amide bonds. The van der Waals surface area contributed by atoms with Crippen LogP contribution in [0.25, 0.3) is 11.3 Å². The molecule has 22 heavy (non-hydrogen) atoms. The molecule has 2 aromatic heterocycles. The van der Waals surface area contributed by atoms with Crippen molar-refractivity contribution in [2.45, 2.75) is 6.18 Å². The van der Waals surface area contributed by atoms with Crippen molar-refractivity contribution in [1.82, 2.24) is 19.9 Å². The summed E-state index contributed by atoms with van der Waals surface area (Å²) in [5, 5.41) is -0.122. The summed E-state index contributed by atoms with van der Waals surface area (Å²) in [6.45, 7) is 0. The smallest absolute Gasteiger partial charge is 0.369 e. The Kier molecular flexibility index (Phi) is 4.60. The number of aromatic nitrogens is 3. The molecule has 9 heteroatoms. The summed E-state index contributed by atoms with van der Waals surface area (Å²) in [5.74, 6) is 0.223. The van der Waals surface area contributed by atoms with Gasteiger partial charge in [-0.15, -0.1) is 0 Å². The predicted molar refractivity (Wildman–Crippen MR) is 77.1 cm³/mol. The van der Waals surface area contributed by atoms with Gasteiger partial charge in [-0.05, 0) is 6.07 Å². The van der Waals surface area contributed by atoms with Crippen LogP contribution in [0, 0.1) is 0 Å². The van der Waals surface area contributed by atoms with E-state index in [1.54, 1.807) is 19.0 Å². The van der Waals surface area contributed by atoms with E-state index >= 15 is 0 Å². The SMILES string of the molecule is CN(C)/C=N/c1ncc(-c2ncc(C(F)(F)F)cc2Cl)cn1. The summed E-state index contributed by atoms with van der Waals surface area (Å²) in [5.41, 5.74) is -0.324. The summed E-state index contributed by atoms with van der Waals surface area (Å²) >= 11 is 5.86. The normalized spacial score (nSPS) is 11.9. The van der Waals surface area contributed by atoms with E-state index in [1.165, 1.54) is 18.7 Å². The molecule has 0 saturated heterocycles. The molecule has 0 aromatic carbocycles. The Bertz CT molecular complexity index is 683. The van der Waals surface area contributed by atoms with E-state index in [4.69, 9.17) is 11.6 Å². The third-order valence-corrected chi connectivity index (χ3v) is 2.77. The Morgan fingerprint density at radius 3 is 2.27 bits per heavy atom. The summed E-state index contributed by atoms with van der Waals surface area (Å²) in [7, 11) is 3.59. The number of pyridine rings is 1. The zero-order valence-electron chi connectivity index (χ0n) is 11.6. The zero-order chi connectivity index (χ0) is 16.3. The van der Waals surface area contributed by atoms with E-state index < -0.39 is 11.7 Å². The van der Waals surface area contributed by atoms with Crippen molar-refractivity contribution in [2.24, 2.45) is 4.99 Å². The third kappa shape index (κ3) is 3.91. The molecule has 0 saturated carbocycles. The lowest BCUT2D eigenvalue weighted by Gasteiger charge is -2.09. The van der Waals surface area contributed by atoms with Crippen LogP contribution in [0.2, 0.25) is 5.02 Å². The maximum Gasteiger partial charge on any atom is 0.417 e. The van der Waals surface area contributed by atoms with Crippen molar-refractivity contribution in [2.75, 3.05) is 14.1 Å². The van der Waals surface area contributed by atoms with Crippen molar-refractivity contribution in [3.05, 3.63) is 35.2 Å². The van der Waals surface area contributed by atoms with Crippen molar-refractivity contribution < 1.29 is 13.2 Å². The largest absolute Gasteiger partial charge is 0.417 e. The molecule has 0 fully saturated rings. The molecule has 0 aliphatic heterocycles. The highest BCUT2D eigenvalue weighted by atomic mass is 35.5. The van der Waals surface area contributed by atoms with Gasteiger partial charge in [0.25, 0.3) is 5.95 Å². The number of alkyl halides is 3. The van der Waals surface area contributed by atoms with Crippen LogP contribution in [-0.2, 0) is 6.18 Å². The summed E-state index contributed by atoms with van der Waals surface area (Å²) in [4.78, 5) is 17.4. The molecule has 2 aromatic rings. The number of halogens is 4. The van der Waals surface area contributed by atoms with Gasteiger partial charge in [0.05, 0.1) is 22.6 Å². The molecule has 116 valence electrons. The van der Waals surface area contributed by atoms with Crippen molar-refractivity contribution in [1.29, 1.82) is 0 Å². The topological polar surface area (TPSA) is 54.3 Å². The Hall–Kier alpha value is -2.22. The maximum absolute atomic E-state index is 12.6. The molecule has 0 bridgehead atoms. The fourth-order valence-electron chi connectivity index (χ4n) is 1.48. The van der Waals surface area contributed by atoms with Crippen molar-refractivity contribution >= 4 is 23.9 Å². The fraction of sp³-hybridized carbons (Fsp3) is 0.231. The summed E-state index contributed by atoms with van der Waals surface area (Å²) in [6.07, 6.45) is 0.557. The standard InChI is InChI=1S/C13H11ClF3N5/c1-22(2)7-21-12-19-4-8(5-20-12)11-10(14)3-9(6-18-11)13(15,16)17/h3-7H,1-2H3/b21-7+. The van der Waals surface area contributed by atoms with Gasteiger partial charge >= 0.3 is 6.18 Å². The van der Waals surface area contributed by atoms with Gasteiger partial charge in [0.15, 0.2) is 0 Å². The minimum Gasteiger partial charge on any atom is -0.369 e. The third-order valence-electron chi connectivity index (χ3n) is 2.48. The van der Waals surface area contributed by atoms with E-state index in [2.05, 4.69) is 19.9 Å². The number of nitrogens with zero attached hydrogens (tertiary/aromatic N) is 5. The number of hydrogen-bond donors (Lipinski definition) is 0. The number of aliphatic imine (C=N–C) groups is 1. The average Bonchev–Trinajstić information content (AvgIpc) is 2.44. The van der Waals surface area contributed by atoms with E-state index in [9.17, 15) is 13.2 Å². The Morgan fingerprint density at radius 1 is 1.14 bits per heavy atom. The van der Waals surface area contributed by atoms with Crippen LogP contribution in [0.4, 0.5) is 19.1 Å². The van der Waals surface area contributed by atoms with Gasteiger partial charge in [-0.25, -0.2) is 15.0 Å². The predicted octanol–water partition coefficient (Wildman–Crippen LogP) is 3.43. The van der Waals surface area contributed by atoms with Gasteiger partial charge in [-0.2, -0.15) is 13.2 Å². The Balaban J connectivity index is 2.29. The fourth-order valence-corrected chi connectivity index (χ4v) is 1.76. The molecule has 0 atom stereocenters. The second-order valence-corrected chi connectivity index (χ2v) is 4.94. The lowest BCUT2D eigenvalue weighted by molar-refractivity contribution is -0.137. The molecule has 0 unspecified atom stereocenters. The average molecular weight is 330 g/mol. The Labute approximate surface area is 129 Å². The van der Waals surface area contributed by atoms with Crippen LogP contribution in [0.15, 0.2) is 29.6 Å². The summed E-state index contributed by atoms with van der Waals surface area (Å²) < 4.78 is 37.7. The van der Waals surface area contributed by atoms with Crippen molar-refractivity contribution in [3.63, 3.8) is 0 Å². The minimum absolute atomic E-state index is 0.122. The van der Waals surface area contributed by atoms with Crippen LogP contribution in [0.1, 0.15) is 5.56 Å². The van der Waals surface area contributed by atoms with E-state index in [0.29, 0.717) is 5.56 Å². The molecule has 0 spiro atoms. The Morgan fingerprint density at radius 2 is 1.77 bits per heavy atom. The highest BCUT2D eigenvalue weighted by molar-refractivity contribution is 6.33. The molecule has 0 aliphatic carbocycles. The second-order valence-electron chi connectivity index (χ2n) is 4.53. The van der Waals surface area contributed by atoms with E-state index in [1.807, 2.05) is 0 Å². The first kappa shape index (κ1) is 16.2. The van der Waals surface area contributed by atoms with Gasteiger partial charge in [-0.3, -0.25) is 4.98 Å². The lowest BCUT2D eigenvalue weighted by atomic mass is 10.2. The second kappa shape index (κ2) is 6.27. The molecule has 5 nitrogen and oxygen atoms in total. The number of hydrogen-bond acceptors (Lipinski definition) is 4. The highest BCUT2D eigenvalue weighted by Crippen LogP contribution is 2.33. The van der Waals surface area contributed by atoms with Gasteiger partial charge in [0, 0.05) is 38.2 Å². The first-order chi connectivity index (χ1) is 10.3. The van der Waals surface area contributed by atoms with Crippen LogP contribution in [0.3, 0.4) is 0 Å². The molecular weight excluding hydrogens is 319 g/mol. The highest BCUT2D eigenvalue weighted by Gasteiger charge is 2.31. The van der Waals surface area contributed by atoms with Crippen LogP contribution in [0.5, 0.6) is 0 Å². The number of rotatable bonds is 3. The molecule has 0 radical (unpaired) electrons. The van der Waals surface area contributed by atoms with Gasteiger partial charge in [0.1, 0.15) is 0 Å². The molecule has 0 aliphatic rings. The van der Waals surface area contributed by atoms with Gasteiger partial charge in [-0.1, -0.05) is 11.6 Å². The quantitative estimate of drug-likeness (QED) is 0.639. The van der Waals surface area contributed by atoms with Gasteiger partial charge in [0.2, 0.25) is 0 Å². The first-order valence-corrected chi connectivity index (χ1v) is 6.41. The summed E-state index contributed by atoms with van der Waals surface area (Å²) in [6, 6.07) is 0.821. The molecule has 2 rings (SSSR count). The van der Waals surface area contributed by atoms with Crippen LogP contribution in [-0.4, -0.2) is 40.3 Å². The molecule has 0 N–H and O–H groups in total. The van der Waals surface area contributed by atoms with Crippen molar-refractivity contribution in [3.8, 4) is 11.3 Å². The lowest BCUT2D eigenvalue weighted by Crippen LogP contribution is -2.07. The van der Waals surface area contributed by atoms with E-state index in [0.717, 1.165) is 12.3 Å². The zero-order valence-corrected chi connectivity index (χ0v) is 12.4. The molecular formula is C13H11ClF3N5. The maximum atomic E-state index is 12.6.